The highest BCUT2D eigenvalue weighted by atomic mass is 32.1. The molecule has 0 radical (unpaired) electrons. The summed E-state index contributed by atoms with van der Waals surface area (Å²) >= 11 is 1.75. The largest absolute Gasteiger partial charge is 0.343 e. The van der Waals surface area contributed by atoms with Crippen molar-refractivity contribution >= 4 is 29.0 Å². The fourth-order valence-electron chi connectivity index (χ4n) is 2.82. The van der Waals surface area contributed by atoms with E-state index in [1.54, 1.807) is 37.6 Å². The molecule has 2 heterocycles. The molecule has 0 aromatic carbocycles. The number of aromatic nitrogens is 1. The first-order chi connectivity index (χ1) is 11.5. The minimum absolute atomic E-state index is 0.0460. The van der Waals surface area contributed by atoms with Crippen LogP contribution in [0.1, 0.15) is 39.8 Å². The summed E-state index contributed by atoms with van der Waals surface area (Å²) in [5.41, 5.74) is 2.07. The Labute approximate surface area is 144 Å². The standard InChI is InChI=1S/C17H20N4O2S/c1-21(2)16(22)14-10-11(6-8-18-14)19-17(23)20-13-4-3-5-15-12(13)7-9-24-15/h6-10,13H,3-5H2,1-2H3,(H2,18,19,20,23)/t13-/m1/s1. The van der Waals surface area contributed by atoms with E-state index in [4.69, 9.17) is 0 Å². The summed E-state index contributed by atoms with van der Waals surface area (Å²) < 4.78 is 0. The van der Waals surface area contributed by atoms with Crippen molar-refractivity contribution in [3.63, 3.8) is 0 Å². The number of nitrogens with zero attached hydrogens (tertiary/aromatic N) is 2. The molecular weight excluding hydrogens is 324 g/mol. The van der Waals surface area contributed by atoms with E-state index in [9.17, 15) is 9.59 Å². The summed E-state index contributed by atoms with van der Waals surface area (Å²) in [6.07, 6.45) is 4.63. The number of pyridine rings is 1. The first kappa shape index (κ1) is 16.4. The number of amides is 3. The molecule has 1 atom stereocenters. The van der Waals surface area contributed by atoms with Crippen molar-refractivity contribution in [2.24, 2.45) is 0 Å². The van der Waals surface area contributed by atoms with E-state index in [0.29, 0.717) is 11.4 Å². The highest BCUT2D eigenvalue weighted by Crippen LogP contribution is 2.33. The Bertz CT molecular complexity index is 757. The molecular formula is C17H20N4O2S. The van der Waals surface area contributed by atoms with Crippen molar-refractivity contribution in [3.8, 4) is 0 Å². The average Bonchev–Trinajstić information content (AvgIpc) is 3.04. The molecule has 24 heavy (non-hydrogen) atoms. The van der Waals surface area contributed by atoms with Crippen LogP contribution in [-0.4, -0.2) is 35.9 Å². The first-order valence-electron chi connectivity index (χ1n) is 7.86. The Balaban J connectivity index is 1.66. The highest BCUT2D eigenvalue weighted by Gasteiger charge is 2.22. The fraction of sp³-hybridized carbons (Fsp3) is 0.353. The Morgan fingerprint density at radius 3 is 2.96 bits per heavy atom. The van der Waals surface area contributed by atoms with Gasteiger partial charge >= 0.3 is 6.03 Å². The van der Waals surface area contributed by atoms with Gasteiger partial charge in [-0.05, 0) is 48.4 Å². The number of anilines is 1. The maximum absolute atomic E-state index is 12.3. The quantitative estimate of drug-likeness (QED) is 0.899. The smallest absolute Gasteiger partial charge is 0.319 e. The monoisotopic (exact) mass is 344 g/mol. The summed E-state index contributed by atoms with van der Waals surface area (Å²) in [4.78, 5) is 31.1. The minimum Gasteiger partial charge on any atom is -0.343 e. The molecule has 1 aliphatic rings. The molecule has 2 aromatic rings. The Morgan fingerprint density at radius 2 is 2.17 bits per heavy atom. The lowest BCUT2D eigenvalue weighted by Crippen LogP contribution is -2.34. The van der Waals surface area contributed by atoms with Crippen LogP contribution in [0.4, 0.5) is 10.5 Å². The summed E-state index contributed by atoms with van der Waals surface area (Å²) in [5, 5.41) is 7.88. The van der Waals surface area contributed by atoms with E-state index < -0.39 is 0 Å². The van der Waals surface area contributed by atoms with Gasteiger partial charge in [0.15, 0.2) is 0 Å². The normalized spacial score (nSPS) is 16.2. The molecule has 0 bridgehead atoms. The summed E-state index contributed by atoms with van der Waals surface area (Å²) in [7, 11) is 3.33. The third-order valence-electron chi connectivity index (χ3n) is 4.00. The zero-order valence-corrected chi connectivity index (χ0v) is 14.5. The van der Waals surface area contributed by atoms with Crippen LogP contribution in [0.15, 0.2) is 29.8 Å². The molecule has 0 spiro atoms. The maximum atomic E-state index is 12.3. The molecule has 2 aromatic heterocycles. The maximum Gasteiger partial charge on any atom is 0.319 e. The number of hydrogen-bond donors (Lipinski definition) is 2. The number of hydrogen-bond acceptors (Lipinski definition) is 4. The third kappa shape index (κ3) is 3.56. The van der Waals surface area contributed by atoms with Gasteiger partial charge in [-0.25, -0.2) is 4.79 Å². The lowest BCUT2D eigenvalue weighted by atomic mass is 9.94. The molecule has 0 unspecified atom stereocenters. The summed E-state index contributed by atoms with van der Waals surface area (Å²) in [6.45, 7) is 0. The Hall–Kier alpha value is -2.41. The van der Waals surface area contributed by atoms with Gasteiger partial charge in [0.1, 0.15) is 5.69 Å². The van der Waals surface area contributed by atoms with Crippen molar-refractivity contribution in [2.75, 3.05) is 19.4 Å². The van der Waals surface area contributed by atoms with Crippen LogP contribution in [0.2, 0.25) is 0 Å². The van der Waals surface area contributed by atoms with E-state index in [-0.39, 0.29) is 18.0 Å². The lowest BCUT2D eigenvalue weighted by molar-refractivity contribution is 0.0822. The molecule has 7 heteroatoms. The second-order valence-corrected chi connectivity index (χ2v) is 6.97. The molecule has 3 amide bonds. The van der Waals surface area contributed by atoms with E-state index in [2.05, 4.69) is 27.1 Å². The van der Waals surface area contributed by atoms with Crippen molar-refractivity contribution in [3.05, 3.63) is 45.9 Å². The van der Waals surface area contributed by atoms with Crippen LogP contribution in [0.25, 0.3) is 0 Å². The molecule has 0 saturated heterocycles. The minimum atomic E-state index is -0.270. The van der Waals surface area contributed by atoms with Crippen LogP contribution >= 0.6 is 11.3 Å². The van der Waals surface area contributed by atoms with Gasteiger partial charge < -0.3 is 15.5 Å². The van der Waals surface area contributed by atoms with E-state index in [1.165, 1.54) is 21.5 Å². The van der Waals surface area contributed by atoms with E-state index in [1.807, 2.05) is 0 Å². The predicted molar refractivity (Wildman–Crippen MR) is 94.4 cm³/mol. The second kappa shape index (κ2) is 7.00. The van der Waals surface area contributed by atoms with Gasteiger partial charge in [0.05, 0.1) is 6.04 Å². The summed E-state index contributed by atoms with van der Waals surface area (Å²) in [6, 6.07) is 5.12. The van der Waals surface area contributed by atoms with Crippen LogP contribution < -0.4 is 10.6 Å². The SMILES string of the molecule is CN(C)C(=O)c1cc(NC(=O)N[C@@H]2CCCc3sccc32)ccn1. The average molecular weight is 344 g/mol. The van der Waals surface area contributed by atoms with E-state index in [0.717, 1.165) is 19.3 Å². The predicted octanol–water partition coefficient (Wildman–Crippen LogP) is 3.04. The third-order valence-corrected chi connectivity index (χ3v) is 5.00. The Morgan fingerprint density at radius 1 is 1.33 bits per heavy atom. The van der Waals surface area contributed by atoms with Crippen molar-refractivity contribution < 1.29 is 9.59 Å². The highest BCUT2D eigenvalue weighted by molar-refractivity contribution is 7.10. The first-order valence-corrected chi connectivity index (χ1v) is 8.74. The van der Waals surface area contributed by atoms with Gasteiger partial charge in [-0.3, -0.25) is 9.78 Å². The number of urea groups is 1. The lowest BCUT2D eigenvalue weighted by Gasteiger charge is -2.23. The molecule has 6 nitrogen and oxygen atoms in total. The number of carbonyl (C=O) groups excluding carboxylic acids is 2. The van der Waals surface area contributed by atoms with Crippen molar-refractivity contribution in [1.29, 1.82) is 0 Å². The van der Waals surface area contributed by atoms with Crippen LogP contribution in [0.3, 0.4) is 0 Å². The van der Waals surface area contributed by atoms with E-state index >= 15 is 0 Å². The second-order valence-electron chi connectivity index (χ2n) is 5.97. The summed E-state index contributed by atoms with van der Waals surface area (Å²) in [5.74, 6) is -0.200. The zero-order valence-electron chi connectivity index (χ0n) is 13.7. The number of fused-ring (bicyclic) bond motifs is 1. The van der Waals surface area contributed by atoms with Gasteiger partial charge in [-0.2, -0.15) is 0 Å². The number of nitrogens with one attached hydrogen (secondary N) is 2. The van der Waals surface area contributed by atoms with Crippen LogP contribution in [0, 0.1) is 0 Å². The number of aryl methyl sites for hydroxylation is 1. The fourth-order valence-corrected chi connectivity index (χ4v) is 3.80. The number of carbonyl (C=O) groups is 2. The molecule has 0 aliphatic heterocycles. The Kier molecular flexibility index (Phi) is 4.80. The van der Waals surface area contributed by atoms with Crippen LogP contribution in [-0.2, 0) is 6.42 Å². The van der Waals surface area contributed by atoms with Crippen molar-refractivity contribution in [1.82, 2.24) is 15.2 Å². The molecule has 1 aliphatic carbocycles. The molecule has 0 saturated carbocycles. The van der Waals surface area contributed by atoms with Crippen molar-refractivity contribution in [2.45, 2.75) is 25.3 Å². The van der Waals surface area contributed by atoms with Gasteiger partial charge in [-0.15, -0.1) is 11.3 Å². The number of thiophene rings is 1. The molecule has 126 valence electrons. The zero-order chi connectivity index (χ0) is 17.1. The molecule has 3 rings (SSSR count). The van der Waals surface area contributed by atoms with Gasteiger partial charge in [0, 0.05) is 30.9 Å². The topological polar surface area (TPSA) is 74.3 Å². The van der Waals surface area contributed by atoms with Crippen LogP contribution in [0.5, 0.6) is 0 Å². The number of rotatable bonds is 3. The van der Waals surface area contributed by atoms with Gasteiger partial charge in [0.25, 0.3) is 5.91 Å². The van der Waals surface area contributed by atoms with Gasteiger partial charge in [0.2, 0.25) is 0 Å². The van der Waals surface area contributed by atoms with Gasteiger partial charge in [-0.1, -0.05) is 0 Å². The molecule has 2 N–H and O–H groups in total. The molecule has 0 fully saturated rings.